The first kappa shape index (κ1) is 11.3. The molecule has 16 heavy (non-hydrogen) atoms. The van der Waals surface area contributed by atoms with Gasteiger partial charge < -0.3 is 10.6 Å². The highest BCUT2D eigenvalue weighted by Gasteiger charge is 2.29. The SMILES string of the molecule is CCCCN(c1cc(N)ccc1C)C1CC1. The number of nitrogens with two attached hydrogens (primary N) is 1. The van der Waals surface area contributed by atoms with Crippen LogP contribution in [0.25, 0.3) is 0 Å². The molecule has 1 aliphatic rings. The van der Waals surface area contributed by atoms with Crippen molar-refractivity contribution in [1.82, 2.24) is 0 Å². The van der Waals surface area contributed by atoms with Gasteiger partial charge in [0.2, 0.25) is 0 Å². The Morgan fingerprint density at radius 1 is 1.38 bits per heavy atom. The summed E-state index contributed by atoms with van der Waals surface area (Å²) in [7, 11) is 0. The molecule has 2 rings (SSSR count). The van der Waals surface area contributed by atoms with E-state index in [1.54, 1.807) is 0 Å². The first-order valence-corrected chi connectivity index (χ1v) is 6.35. The van der Waals surface area contributed by atoms with Crippen LogP contribution < -0.4 is 10.6 Å². The van der Waals surface area contributed by atoms with Crippen molar-refractivity contribution < 1.29 is 0 Å². The number of nitrogen functional groups attached to an aromatic ring is 1. The van der Waals surface area contributed by atoms with Gasteiger partial charge in [-0.15, -0.1) is 0 Å². The minimum Gasteiger partial charge on any atom is -0.399 e. The van der Waals surface area contributed by atoms with Gasteiger partial charge in [0, 0.05) is 24.0 Å². The van der Waals surface area contributed by atoms with Crippen LogP contribution in [0.4, 0.5) is 11.4 Å². The topological polar surface area (TPSA) is 29.3 Å². The average Bonchev–Trinajstić information content (AvgIpc) is 3.08. The molecule has 0 unspecified atom stereocenters. The zero-order chi connectivity index (χ0) is 11.5. The first-order valence-electron chi connectivity index (χ1n) is 6.35. The molecule has 2 heteroatoms. The Kier molecular flexibility index (Phi) is 3.37. The second-order valence-electron chi connectivity index (χ2n) is 4.82. The molecule has 0 aromatic heterocycles. The molecule has 1 aromatic rings. The van der Waals surface area contributed by atoms with E-state index in [-0.39, 0.29) is 0 Å². The van der Waals surface area contributed by atoms with Gasteiger partial charge in [0.1, 0.15) is 0 Å². The average molecular weight is 218 g/mol. The number of rotatable bonds is 5. The van der Waals surface area contributed by atoms with Gasteiger partial charge in [-0.05, 0) is 43.9 Å². The summed E-state index contributed by atoms with van der Waals surface area (Å²) in [6.45, 7) is 5.60. The van der Waals surface area contributed by atoms with Crippen molar-refractivity contribution in [2.45, 2.75) is 45.6 Å². The lowest BCUT2D eigenvalue weighted by atomic mass is 10.1. The lowest BCUT2D eigenvalue weighted by Gasteiger charge is -2.26. The third-order valence-corrected chi connectivity index (χ3v) is 3.28. The molecular weight excluding hydrogens is 196 g/mol. The van der Waals surface area contributed by atoms with E-state index in [9.17, 15) is 0 Å². The maximum atomic E-state index is 5.89. The van der Waals surface area contributed by atoms with E-state index in [1.165, 1.54) is 43.5 Å². The van der Waals surface area contributed by atoms with Crippen LogP contribution >= 0.6 is 0 Å². The zero-order valence-electron chi connectivity index (χ0n) is 10.4. The van der Waals surface area contributed by atoms with Crippen molar-refractivity contribution in [3.63, 3.8) is 0 Å². The Morgan fingerprint density at radius 3 is 2.75 bits per heavy atom. The molecule has 0 amide bonds. The zero-order valence-corrected chi connectivity index (χ0v) is 10.4. The van der Waals surface area contributed by atoms with Gasteiger partial charge in [0.25, 0.3) is 0 Å². The minimum absolute atomic E-state index is 0.770. The summed E-state index contributed by atoms with van der Waals surface area (Å²) >= 11 is 0. The van der Waals surface area contributed by atoms with Gasteiger partial charge in [0.15, 0.2) is 0 Å². The summed E-state index contributed by atoms with van der Waals surface area (Å²) in [6, 6.07) is 7.02. The van der Waals surface area contributed by atoms with E-state index >= 15 is 0 Å². The Hall–Kier alpha value is -1.18. The fourth-order valence-electron chi connectivity index (χ4n) is 2.15. The van der Waals surface area contributed by atoms with Crippen molar-refractivity contribution in [3.05, 3.63) is 23.8 Å². The molecule has 0 radical (unpaired) electrons. The predicted octanol–water partition coefficient (Wildman–Crippen LogP) is 3.35. The molecule has 0 heterocycles. The highest BCUT2D eigenvalue weighted by molar-refractivity contribution is 5.61. The second kappa shape index (κ2) is 4.77. The van der Waals surface area contributed by atoms with Crippen LogP contribution in [-0.2, 0) is 0 Å². The largest absolute Gasteiger partial charge is 0.399 e. The van der Waals surface area contributed by atoms with Crippen molar-refractivity contribution in [1.29, 1.82) is 0 Å². The maximum Gasteiger partial charge on any atom is 0.0419 e. The summed E-state index contributed by atoms with van der Waals surface area (Å²) in [5, 5.41) is 0. The van der Waals surface area contributed by atoms with Crippen molar-refractivity contribution in [2.75, 3.05) is 17.2 Å². The van der Waals surface area contributed by atoms with E-state index in [1.807, 2.05) is 6.07 Å². The van der Waals surface area contributed by atoms with Crippen molar-refractivity contribution >= 4 is 11.4 Å². The number of aryl methyl sites for hydroxylation is 1. The van der Waals surface area contributed by atoms with Crippen LogP contribution in [0.15, 0.2) is 18.2 Å². The number of unbranched alkanes of at least 4 members (excludes halogenated alkanes) is 1. The number of hydrogen-bond donors (Lipinski definition) is 1. The summed E-state index contributed by atoms with van der Waals surface area (Å²) in [5.74, 6) is 0. The van der Waals surface area contributed by atoms with E-state index in [4.69, 9.17) is 5.73 Å². The number of anilines is 2. The first-order chi connectivity index (χ1) is 7.72. The van der Waals surface area contributed by atoms with Gasteiger partial charge in [-0.3, -0.25) is 0 Å². The number of hydrogen-bond acceptors (Lipinski definition) is 2. The highest BCUT2D eigenvalue weighted by atomic mass is 15.2. The fourth-order valence-corrected chi connectivity index (χ4v) is 2.15. The minimum atomic E-state index is 0.770. The molecule has 0 atom stereocenters. The Morgan fingerprint density at radius 2 is 2.12 bits per heavy atom. The molecule has 2 N–H and O–H groups in total. The quantitative estimate of drug-likeness (QED) is 0.768. The van der Waals surface area contributed by atoms with Crippen LogP contribution in [0, 0.1) is 6.92 Å². The van der Waals surface area contributed by atoms with Crippen LogP contribution in [0.3, 0.4) is 0 Å². The number of nitrogens with zero attached hydrogens (tertiary/aromatic N) is 1. The van der Waals surface area contributed by atoms with Crippen LogP contribution in [-0.4, -0.2) is 12.6 Å². The smallest absolute Gasteiger partial charge is 0.0419 e. The third-order valence-electron chi connectivity index (χ3n) is 3.28. The molecule has 1 aliphatic carbocycles. The Bertz CT molecular complexity index is 356. The number of benzene rings is 1. The molecule has 2 nitrogen and oxygen atoms in total. The molecule has 0 saturated heterocycles. The molecule has 1 saturated carbocycles. The molecule has 1 aromatic carbocycles. The van der Waals surface area contributed by atoms with Gasteiger partial charge >= 0.3 is 0 Å². The van der Waals surface area contributed by atoms with Gasteiger partial charge in [-0.2, -0.15) is 0 Å². The highest BCUT2D eigenvalue weighted by Crippen LogP contribution is 2.34. The van der Waals surface area contributed by atoms with Gasteiger partial charge in [-0.1, -0.05) is 19.4 Å². The Labute approximate surface area is 98.4 Å². The lowest BCUT2D eigenvalue weighted by molar-refractivity contribution is 0.711. The maximum absolute atomic E-state index is 5.89. The summed E-state index contributed by atoms with van der Waals surface area (Å²) < 4.78 is 0. The molecule has 0 aliphatic heterocycles. The molecule has 1 fully saturated rings. The van der Waals surface area contributed by atoms with Crippen LogP contribution in [0.2, 0.25) is 0 Å². The standard InChI is InChI=1S/C14H22N2/c1-3-4-9-16(13-7-8-13)14-10-12(15)6-5-11(14)2/h5-6,10,13H,3-4,7-9,15H2,1-2H3. The second-order valence-corrected chi connectivity index (χ2v) is 4.82. The van der Waals surface area contributed by atoms with E-state index in [0.717, 1.165) is 11.7 Å². The van der Waals surface area contributed by atoms with Gasteiger partial charge in [0.05, 0.1) is 0 Å². The van der Waals surface area contributed by atoms with Gasteiger partial charge in [-0.25, -0.2) is 0 Å². The monoisotopic (exact) mass is 218 g/mol. The molecule has 0 bridgehead atoms. The van der Waals surface area contributed by atoms with Crippen molar-refractivity contribution in [3.8, 4) is 0 Å². The van der Waals surface area contributed by atoms with E-state index < -0.39 is 0 Å². The fraction of sp³-hybridized carbons (Fsp3) is 0.571. The molecule has 0 spiro atoms. The normalized spacial score (nSPS) is 15.1. The lowest BCUT2D eigenvalue weighted by Crippen LogP contribution is -2.27. The van der Waals surface area contributed by atoms with E-state index in [2.05, 4.69) is 30.9 Å². The molecule has 88 valence electrons. The summed E-state index contributed by atoms with van der Waals surface area (Å²) in [5.41, 5.74) is 9.45. The summed E-state index contributed by atoms with van der Waals surface area (Å²) in [6.07, 6.45) is 5.21. The predicted molar refractivity (Wildman–Crippen MR) is 70.9 cm³/mol. The van der Waals surface area contributed by atoms with Crippen molar-refractivity contribution in [2.24, 2.45) is 0 Å². The van der Waals surface area contributed by atoms with Crippen LogP contribution in [0.5, 0.6) is 0 Å². The summed E-state index contributed by atoms with van der Waals surface area (Å²) in [4.78, 5) is 2.55. The van der Waals surface area contributed by atoms with E-state index in [0.29, 0.717) is 0 Å². The molecular formula is C14H22N2. The van der Waals surface area contributed by atoms with Crippen LogP contribution in [0.1, 0.15) is 38.2 Å². The Balaban J connectivity index is 2.19. The third kappa shape index (κ3) is 2.49.